The minimum absolute atomic E-state index is 0.0869. The molecule has 2 aliphatic rings. The van der Waals surface area contributed by atoms with Crippen molar-refractivity contribution >= 4 is 68.0 Å². The number of aliphatic hydroxyl groups excluding tert-OH is 1. The van der Waals surface area contributed by atoms with Gasteiger partial charge in [0.2, 0.25) is 27.7 Å². The van der Waals surface area contributed by atoms with Crippen molar-refractivity contribution in [3.8, 4) is 0 Å². The largest absolute Gasteiger partial charge is 0.460 e. The number of amides is 3. The van der Waals surface area contributed by atoms with Gasteiger partial charge in [0.15, 0.2) is 11.7 Å². The summed E-state index contributed by atoms with van der Waals surface area (Å²) in [5, 5.41) is 16.4. The molecule has 1 aromatic carbocycles. The van der Waals surface area contributed by atoms with Gasteiger partial charge in [-0.3, -0.25) is 24.2 Å². The maximum absolute atomic E-state index is 13.8. The van der Waals surface area contributed by atoms with E-state index in [1.54, 1.807) is 20.8 Å². The third-order valence-electron chi connectivity index (χ3n) is 6.71. The second-order valence-corrected chi connectivity index (χ2v) is 14.1. The van der Waals surface area contributed by atoms with Crippen molar-refractivity contribution in [2.24, 2.45) is 0 Å². The molecule has 0 spiro atoms. The van der Waals surface area contributed by atoms with Crippen LogP contribution in [0.4, 0.5) is 0 Å². The summed E-state index contributed by atoms with van der Waals surface area (Å²) < 4.78 is 37.1. The number of ether oxygens (including phenoxy) is 1. The van der Waals surface area contributed by atoms with Crippen LogP contribution in [0.25, 0.3) is 11.1 Å². The lowest BCUT2D eigenvalue weighted by Crippen LogP contribution is -2.64. The highest BCUT2D eigenvalue weighted by molar-refractivity contribution is 7.88. The Hall–Kier alpha value is -2.98. The molecule has 4 unspecified atom stereocenters. The number of fused-ring (bicyclic) bond motifs is 2. The van der Waals surface area contributed by atoms with Crippen LogP contribution in [0, 0.1) is 0 Å². The fourth-order valence-corrected chi connectivity index (χ4v) is 6.26. The summed E-state index contributed by atoms with van der Waals surface area (Å²) in [4.78, 5) is 57.2. The van der Waals surface area contributed by atoms with Gasteiger partial charge in [-0.05, 0) is 52.2 Å². The minimum Gasteiger partial charge on any atom is -0.460 e. The molecule has 43 heavy (non-hydrogen) atoms. The van der Waals surface area contributed by atoms with Gasteiger partial charge < -0.3 is 19.6 Å². The smallest absolute Gasteiger partial charge is 0.308 e. The summed E-state index contributed by atoms with van der Waals surface area (Å²) in [6.07, 6.45) is -1.02. The molecule has 236 valence electrons. The lowest BCUT2D eigenvalue weighted by Gasteiger charge is -2.43. The fraction of sp³-hybridized carbons (Fsp3) is 0.577. The van der Waals surface area contributed by atoms with Crippen LogP contribution in [-0.4, -0.2) is 88.7 Å². The summed E-state index contributed by atoms with van der Waals surface area (Å²) in [5.74, 6) is -3.04. The first-order valence-electron chi connectivity index (χ1n) is 13.5. The van der Waals surface area contributed by atoms with E-state index in [4.69, 9.17) is 32.4 Å². The molecule has 3 N–H and O–H groups in total. The van der Waals surface area contributed by atoms with Crippen molar-refractivity contribution in [3.05, 3.63) is 28.1 Å². The van der Waals surface area contributed by atoms with Gasteiger partial charge in [0, 0.05) is 18.0 Å². The molecule has 17 heteroatoms. The van der Waals surface area contributed by atoms with Gasteiger partial charge in [0.25, 0.3) is 5.91 Å². The molecule has 0 radical (unpaired) electrons. The van der Waals surface area contributed by atoms with E-state index in [9.17, 15) is 32.7 Å². The first-order chi connectivity index (χ1) is 19.9. The number of hydrogen-bond donors (Lipinski definition) is 3. The van der Waals surface area contributed by atoms with Gasteiger partial charge >= 0.3 is 5.97 Å². The van der Waals surface area contributed by atoms with Gasteiger partial charge in [-0.2, -0.15) is 0 Å². The number of halogens is 2. The third-order valence-corrected chi connectivity index (χ3v) is 7.93. The molecule has 3 amide bonds. The number of hydrazine groups is 1. The van der Waals surface area contributed by atoms with Crippen LogP contribution in [0.3, 0.4) is 0 Å². The third kappa shape index (κ3) is 7.95. The van der Waals surface area contributed by atoms with Crippen LogP contribution in [0.2, 0.25) is 10.0 Å². The molecule has 0 saturated carbocycles. The average Bonchev–Trinajstić information content (AvgIpc) is 3.27. The van der Waals surface area contributed by atoms with Crippen LogP contribution in [-0.2, 0) is 33.9 Å². The van der Waals surface area contributed by atoms with Crippen molar-refractivity contribution in [1.82, 2.24) is 25.0 Å². The summed E-state index contributed by atoms with van der Waals surface area (Å²) in [6, 6.07) is -0.992. The standard InChI is InChI=1S/C26H33Cl2N5O9S/c1-26(2,3)42-20(35)12-16(21(36)24-30-17-11-13(27)10-14(28)22(17)41-24)29-23(37)18-6-5-9-32-19(34)8-7-15(25(38)33(18)32)31-43(4,39)40/h10-11,15-16,18,21,31,36H,5-9,12H2,1-4H3,(H,29,37). The van der Waals surface area contributed by atoms with Crippen molar-refractivity contribution in [2.45, 2.75) is 82.7 Å². The molecule has 2 fully saturated rings. The zero-order chi connectivity index (χ0) is 31.9. The first-order valence-corrected chi connectivity index (χ1v) is 16.1. The zero-order valence-electron chi connectivity index (χ0n) is 23.9. The topological polar surface area (TPSA) is 188 Å². The molecule has 4 atom stereocenters. The maximum atomic E-state index is 13.8. The quantitative estimate of drug-likeness (QED) is 0.352. The summed E-state index contributed by atoms with van der Waals surface area (Å²) in [5.41, 5.74) is -0.513. The van der Waals surface area contributed by atoms with E-state index in [0.29, 0.717) is 6.42 Å². The molecular weight excluding hydrogens is 629 g/mol. The number of benzene rings is 1. The number of aromatic nitrogens is 1. The molecule has 2 aromatic rings. The Bertz CT molecular complexity index is 1540. The number of aliphatic hydroxyl groups is 1. The number of carbonyl (C=O) groups excluding carboxylic acids is 4. The van der Waals surface area contributed by atoms with Gasteiger partial charge in [0.05, 0.1) is 23.7 Å². The summed E-state index contributed by atoms with van der Waals surface area (Å²) in [6.45, 7) is 5.11. The molecule has 0 aliphatic carbocycles. The van der Waals surface area contributed by atoms with Crippen LogP contribution >= 0.6 is 23.2 Å². The summed E-state index contributed by atoms with van der Waals surface area (Å²) in [7, 11) is -3.82. The van der Waals surface area contributed by atoms with Crippen molar-refractivity contribution < 1.29 is 41.9 Å². The number of hydrogen-bond acceptors (Lipinski definition) is 10. The monoisotopic (exact) mass is 661 g/mol. The van der Waals surface area contributed by atoms with Crippen LogP contribution < -0.4 is 10.0 Å². The van der Waals surface area contributed by atoms with E-state index in [1.165, 1.54) is 12.1 Å². The van der Waals surface area contributed by atoms with Crippen LogP contribution in [0.1, 0.15) is 64.9 Å². The number of nitrogens with one attached hydrogen (secondary N) is 2. The van der Waals surface area contributed by atoms with E-state index in [2.05, 4.69) is 15.0 Å². The van der Waals surface area contributed by atoms with Gasteiger partial charge in [-0.25, -0.2) is 23.1 Å². The molecule has 14 nitrogen and oxygen atoms in total. The van der Waals surface area contributed by atoms with E-state index in [1.807, 2.05) is 0 Å². The number of nitrogens with zero attached hydrogens (tertiary/aromatic N) is 3. The summed E-state index contributed by atoms with van der Waals surface area (Å²) >= 11 is 12.3. The molecular formula is C26H33Cl2N5O9S. The normalized spacial score (nSPS) is 21.3. The van der Waals surface area contributed by atoms with Crippen LogP contribution in [0.15, 0.2) is 16.5 Å². The minimum atomic E-state index is -3.82. The van der Waals surface area contributed by atoms with E-state index >= 15 is 0 Å². The SMILES string of the molecule is CC(C)(C)OC(=O)CC(NC(=O)C1CCCN2C(=O)CCC(NS(C)(=O)=O)C(=O)N12)C(O)c1nc2cc(Cl)cc(Cl)c2o1. The second kappa shape index (κ2) is 12.6. The predicted octanol–water partition coefficient (Wildman–Crippen LogP) is 1.83. The van der Waals surface area contributed by atoms with E-state index in [0.717, 1.165) is 16.3 Å². The molecule has 1 aromatic heterocycles. The highest BCUT2D eigenvalue weighted by Crippen LogP contribution is 2.32. The molecule has 2 saturated heterocycles. The molecule has 4 rings (SSSR count). The first kappa shape index (κ1) is 32.9. The lowest BCUT2D eigenvalue weighted by atomic mass is 10.0. The Labute approximate surface area is 258 Å². The van der Waals surface area contributed by atoms with Crippen molar-refractivity contribution in [2.75, 3.05) is 12.8 Å². The highest BCUT2D eigenvalue weighted by Gasteiger charge is 2.45. The molecule has 3 heterocycles. The lowest BCUT2D eigenvalue weighted by molar-refractivity contribution is -0.176. The number of carbonyl (C=O) groups is 4. The maximum Gasteiger partial charge on any atom is 0.308 e. The fourth-order valence-electron chi connectivity index (χ4n) is 5.00. The van der Waals surface area contributed by atoms with Crippen molar-refractivity contribution in [1.29, 1.82) is 0 Å². The number of rotatable bonds is 8. The molecule has 2 aliphatic heterocycles. The predicted molar refractivity (Wildman–Crippen MR) is 154 cm³/mol. The number of oxazole rings is 1. The van der Waals surface area contributed by atoms with Gasteiger partial charge in [0.1, 0.15) is 23.2 Å². The Kier molecular flexibility index (Phi) is 9.61. The van der Waals surface area contributed by atoms with Crippen LogP contribution in [0.5, 0.6) is 0 Å². The number of esters is 1. The Balaban J connectivity index is 1.65. The Morgan fingerprint density at radius 3 is 2.58 bits per heavy atom. The van der Waals surface area contributed by atoms with E-state index in [-0.39, 0.29) is 52.8 Å². The van der Waals surface area contributed by atoms with Crippen molar-refractivity contribution in [3.63, 3.8) is 0 Å². The zero-order valence-corrected chi connectivity index (χ0v) is 26.3. The Morgan fingerprint density at radius 1 is 1.23 bits per heavy atom. The number of sulfonamides is 1. The Morgan fingerprint density at radius 2 is 1.93 bits per heavy atom. The second-order valence-electron chi connectivity index (χ2n) is 11.5. The molecule has 0 bridgehead atoms. The van der Waals surface area contributed by atoms with Gasteiger partial charge in [-0.15, -0.1) is 0 Å². The highest BCUT2D eigenvalue weighted by atomic mass is 35.5. The van der Waals surface area contributed by atoms with Gasteiger partial charge in [-0.1, -0.05) is 23.2 Å². The average molecular weight is 663 g/mol. The van der Waals surface area contributed by atoms with E-state index < -0.39 is 70.0 Å².